The minimum atomic E-state index is 0.557. The Morgan fingerprint density at radius 1 is 1.22 bits per heavy atom. The number of nitrogen functional groups attached to an aromatic ring is 2. The summed E-state index contributed by atoms with van der Waals surface area (Å²) in [4.78, 5) is 2.54. The quantitative estimate of drug-likeness (QED) is 0.714. The van der Waals surface area contributed by atoms with Gasteiger partial charge < -0.3 is 21.7 Å². The molecule has 0 aromatic heterocycles. The second-order valence-corrected chi connectivity index (χ2v) is 5.10. The van der Waals surface area contributed by atoms with E-state index >= 15 is 0 Å². The van der Waals surface area contributed by atoms with Gasteiger partial charge in [0.15, 0.2) is 0 Å². The number of nitrogens with zero attached hydrogens (tertiary/aromatic N) is 1. The number of nitrogens with two attached hydrogens (primary N) is 2. The van der Waals surface area contributed by atoms with Gasteiger partial charge in [0.1, 0.15) is 0 Å². The summed E-state index contributed by atoms with van der Waals surface area (Å²) in [7, 11) is 0. The Morgan fingerprint density at radius 3 is 2.56 bits per heavy atom. The fourth-order valence-corrected chi connectivity index (χ4v) is 2.52. The Hall–Kier alpha value is -1.42. The third kappa shape index (κ3) is 3.29. The van der Waals surface area contributed by atoms with Crippen molar-refractivity contribution >= 4 is 17.1 Å². The molecule has 1 saturated heterocycles. The number of piperidine rings is 1. The van der Waals surface area contributed by atoms with Crippen LogP contribution in [0.3, 0.4) is 0 Å². The van der Waals surface area contributed by atoms with Crippen LogP contribution in [0.2, 0.25) is 0 Å². The molecule has 1 heterocycles. The van der Waals surface area contributed by atoms with E-state index in [2.05, 4.69) is 17.1 Å². The van der Waals surface area contributed by atoms with Gasteiger partial charge in [0.05, 0.1) is 11.4 Å². The van der Waals surface area contributed by atoms with E-state index in [1.54, 1.807) is 0 Å². The lowest BCUT2D eigenvalue weighted by atomic mass is 10.0. The highest BCUT2D eigenvalue weighted by atomic mass is 15.1. The molecule has 0 spiro atoms. The van der Waals surface area contributed by atoms with E-state index in [1.807, 2.05) is 18.2 Å². The number of benzene rings is 1. The van der Waals surface area contributed by atoms with Crippen LogP contribution in [-0.4, -0.2) is 30.6 Å². The Bertz CT molecular complexity index is 383. The first kappa shape index (κ1) is 13.0. The molecule has 0 atom stereocenters. The highest BCUT2D eigenvalue weighted by Gasteiger charge is 2.18. The van der Waals surface area contributed by atoms with E-state index in [0.29, 0.717) is 17.4 Å². The maximum atomic E-state index is 5.81. The Balaban J connectivity index is 1.85. The summed E-state index contributed by atoms with van der Waals surface area (Å²) >= 11 is 0. The molecule has 1 aromatic carbocycles. The summed E-state index contributed by atoms with van der Waals surface area (Å²) < 4.78 is 0. The van der Waals surface area contributed by atoms with Crippen molar-refractivity contribution in [1.82, 2.24) is 4.90 Å². The molecule has 18 heavy (non-hydrogen) atoms. The fraction of sp³-hybridized carbons (Fsp3) is 0.571. The third-order valence-electron chi connectivity index (χ3n) is 3.58. The van der Waals surface area contributed by atoms with E-state index in [4.69, 9.17) is 11.5 Å². The number of hydrogen-bond acceptors (Lipinski definition) is 4. The first-order chi connectivity index (χ1) is 8.69. The molecule has 1 aromatic rings. The molecule has 4 heteroatoms. The van der Waals surface area contributed by atoms with Crippen LogP contribution in [0.4, 0.5) is 17.1 Å². The standard InChI is InChI=1S/C14H24N4/c1-2-7-18-8-5-11(6-9-18)17-12-3-4-13(15)14(16)10-12/h3-4,10-11,17H,2,5-9,15-16H2,1H3. The van der Waals surface area contributed by atoms with E-state index in [0.717, 1.165) is 5.69 Å². The van der Waals surface area contributed by atoms with Gasteiger partial charge in [0.2, 0.25) is 0 Å². The fourth-order valence-electron chi connectivity index (χ4n) is 2.52. The number of rotatable bonds is 4. The van der Waals surface area contributed by atoms with E-state index < -0.39 is 0 Å². The van der Waals surface area contributed by atoms with Crippen LogP contribution >= 0.6 is 0 Å². The molecule has 1 aliphatic heterocycles. The molecule has 0 amide bonds. The summed E-state index contributed by atoms with van der Waals surface area (Å²) in [6, 6.07) is 6.35. The molecule has 2 rings (SSSR count). The molecule has 5 N–H and O–H groups in total. The average Bonchev–Trinajstić information content (AvgIpc) is 2.37. The van der Waals surface area contributed by atoms with E-state index in [9.17, 15) is 0 Å². The van der Waals surface area contributed by atoms with Crippen LogP contribution in [-0.2, 0) is 0 Å². The van der Waals surface area contributed by atoms with E-state index in [-0.39, 0.29) is 0 Å². The summed E-state index contributed by atoms with van der Waals surface area (Å²) in [6.07, 6.45) is 3.64. The number of nitrogens with one attached hydrogen (secondary N) is 1. The second kappa shape index (κ2) is 5.96. The molecule has 0 radical (unpaired) electrons. The summed E-state index contributed by atoms with van der Waals surface area (Å²) in [6.45, 7) is 5.84. The Morgan fingerprint density at radius 2 is 1.94 bits per heavy atom. The Kier molecular flexibility index (Phi) is 4.31. The van der Waals surface area contributed by atoms with Gasteiger partial charge >= 0.3 is 0 Å². The van der Waals surface area contributed by atoms with Crippen molar-refractivity contribution in [3.63, 3.8) is 0 Å². The smallest absolute Gasteiger partial charge is 0.0568 e. The van der Waals surface area contributed by atoms with Crippen LogP contribution in [0.5, 0.6) is 0 Å². The minimum Gasteiger partial charge on any atom is -0.397 e. The number of anilines is 3. The highest BCUT2D eigenvalue weighted by molar-refractivity contribution is 5.69. The van der Waals surface area contributed by atoms with Gasteiger partial charge in [-0.1, -0.05) is 6.92 Å². The van der Waals surface area contributed by atoms with Gasteiger partial charge in [-0.05, 0) is 44.0 Å². The predicted molar refractivity (Wildman–Crippen MR) is 78.6 cm³/mol. The number of likely N-dealkylation sites (tertiary alicyclic amines) is 1. The molecule has 0 saturated carbocycles. The maximum Gasteiger partial charge on any atom is 0.0568 e. The molecule has 0 bridgehead atoms. The van der Waals surface area contributed by atoms with Gasteiger partial charge in [-0.25, -0.2) is 0 Å². The molecule has 1 aliphatic rings. The minimum absolute atomic E-state index is 0.557. The van der Waals surface area contributed by atoms with Crippen molar-refractivity contribution in [3.05, 3.63) is 18.2 Å². The molecule has 4 nitrogen and oxygen atoms in total. The predicted octanol–water partition coefficient (Wildman–Crippen LogP) is 2.14. The zero-order chi connectivity index (χ0) is 13.0. The van der Waals surface area contributed by atoms with Gasteiger partial charge in [-0.3, -0.25) is 0 Å². The van der Waals surface area contributed by atoms with Crippen LogP contribution in [0.25, 0.3) is 0 Å². The zero-order valence-electron chi connectivity index (χ0n) is 11.2. The van der Waals surface area contributed by atoms with Crippen molar-refractivity contribution in [2.75, 3.05) is 36.4 Å². The lowest BCUT2D eigenvalue weighted by molar-refractivity contribution is 0.219. The molecule has 0 aliphatic carbocycles. The van der Waals surface area contributed by atoms with Gasteiger partial charge in [0, 0.05) is 24.8 Å². The maximum absolute atomic E-state index is 5.81. The molecule has 100 valence electrons. The van der Waals surface area contributed by atoms with Gasteiger partial charge in [-0.15, -0.1) is 0 Å². The molecule has 1 fully saturated rings. The lowest BCUT2D eigenvalue weighted by Gasteiger charge is -2.32. The third-order valence-corrected chi connectivity index (χ3v) is 3.58. The van der Waals surface area contributed by atoms with Crippen LogP contribution in [0.1, 0.15) is 26.2 Å². The first-order valence-electron chi connectivity index (χ1n) is 6.83. The van der Waals surface area contributed by atoms with Crippen molar-refractivity contribution in [3.8, 4) is 0 Å². The van der Waals surface area contributed by atoms with Crippen molar-refractivity contribution in [1.29, 1.82) is 0 Å². The van der Waals surface area contributed by atoms with E-state index in [1.165, 1.54) is 38.9 Å². The number of hydrogen-bond donors (Lipinski definition) is 3. The zero-order valence-corrected chi connectivity index (χ0v) is 11.2. The van der Waals surface area contributed by atoms with Gasteiger partial charge in [-0.2, -0.15) is 0 Å². The Labute approximate surface area is 109 Å². The lowest BCUT2D eigenvalue weighted by Crippen LogP contribution is -2.39. The normalized spacial score (nSPS) is 17.8. The average molecular weight is 248 g/mol. The monoisotopic (exact) mass is 248 g/mol. The SMILES string of the molecule is CCCN1CCC(Nc2ccc(N)c(N)c2)CC1. The molecular weight excluding hydrogens is 224 g/mol. The van der Waals surface area contributed by atoms with Crippen LogP contribution in [0, 0.1) is 0 Å². The molecular formula is C14H24N4. The van der Waals surface area contributed by atoms with Crippen molar-refractivity contribution in [2.45, 2.75) is 32.2 Å². The topological polar surface area (TPSA) is 67.3 Å². The largest absolute Gasteiger partial charge is 0.397 e. The first-order valence-corrected chi connectivity index (χ1v) is 6.83. The van der Waals surface area contributed by atoms with Crippen molar-refractivity contribution < 1.29 is 0 Å². The van der Waals surface area contributed by atoms with Crippen molar-refractivity contribution in [2.24, 2.45) is 0 Å². The summed E-state index contributed by atoms with van der Waals surface area (Å²) in [5, 5.41) is 3.55. The molecule has 0 unspecified atom stereocenters. The second-order valence-electron chi connectivity index (χ2n) is 5.10. The van der Waals surface area contributed by atoms with Crippen LogP contribution in [0.15, 0.2) is 18.2 Å². The van der Waals surface area contributed by atoms with Gasteiger partial charge in [0.25, 0.3) is 0 Å². The highest BCUT2D eigenvalue weighted by Crippen LogP contribution is 2.22. The summed E-state index contributed by atoms with van der Waals surface area (Å²) in [5.41, 5.74) is 13.9. The summed E-state index contributed by atoms with van der Waals surface area (Å²) in [5.74, 6) is 0. The van der Waals surface area contributed by atoms with Crippen LogP contribution < -0.4 is 16.8 Å².